The second-order valence-corrected chi connectivity index (χ2v) is 2.25. The molecule has 0 aromatic rings. The van der Waals surface area contributed by atoms with Crippen molar-refractivity contribution in [1.29, 1.82) is 0 Å². The van der Waals surface area contributed by atoms with Gasteiger partial charge in [0.25, 0.3) is 0 Å². The Kier molecular flexibility index (Phi) is 50.0. The molecule has 14 heteroatoms. The van der Waals surface area contributed by atoms with Gasteiger partial charge in [0.1, 0.15) is 0 Å². The van der Waals surface area contributed by atoms with E-state index in [1.54, 1.807) is 0 Å². The summed E-state index contributed by atoms with van der Waals surface area (Å²) in [6, 6.07) is 0. The van der Waals surface area contributed by atoms with Crippen molar-refractivity contribution < 1.29 is 112 Å². The Balaban J connectivity index is -0.0000000270. The monoisotopic (exact) mass is 486 g/mol. The molecule has 0 N–H and O–H groups in total. The maximum Gasteiger partial charge on any atom is 3.00 e. The van der Waals surface area contributed by atoms with Crippen molar-refractivity contribution in [3.63, 3.8) is 0 Å². The summed E-state index contributed by atoms with van der Waals surface area (Å²) in [5, 5.41) is 0. The van der Waals surface area contributed by atoms with Crippen molar-refractivity contribution in [3.8, 4) is 0 Å². The molecule has 0 saturated heterocycles. The molecule has 9 nitrogen and oxygen atoms in total. The SMILES string of the molecule is O=[Si]([O-])[O-].O=[Si]([O-])[O-].O=[Si]([O-])[O-].[Tm+3].[Y+3]. The molecule has 0 aliphatic heterocycles. The van der Waals surface area contributed by atoms with Crippen molar-refractivity contribution in [2.24, 2.45) is 0 Å². The summed E-state index contributed by atoms with van der Waals surface area (Å²) in [4.78, 5) is 51.1. The molecule has 0 bridgehead atoms. The van der Waals surface area contributed by atoms with E-state index in [1.807, 2.05) is 0 Å². The molecule has 0 aromatic heterocycles. The summed E-state index contributed by atoms with van der Waals surface area (Å²) in [6.07, 6.45) is 0. The van der Waals surface area contributed by atoms with Gasteiger partial charge in [0.15, 0.2) is 0 Å². The Morgan fingerprint density at radius 1 is 0.571 bits per heavy atom. The van der Waals surface area contributed by atoms with Crippen molar-refractivity contribution in [2.45, 2.75) is 0 Å². The van der Waals surface area contributed by atoms with E-state index in [4.69, 9.17) is 42.2 Å². The summed E-state index contributed by atoms with van der Waals surface area (Å²) in [5.74, 6) is 0. The van der Waals surface area contributed by atoms with Gasteiger partial charge in [-0.2, -0.15) is 0 Å². The van der Waals surface area contributed by atoms with E-state index in [9.17, 15) is 0 Å². The van der Waals surface area contributed by atoms with Gasteiger partial charge in [-0.1, -0.05) is 0 Å². The molecule has 0 aliphatic carbocycles. The van der Waals surface area contributed by atoms with Crippen LogP contribution >= 0.6 is 0 Å². The van der Waals surface area contributed by atoms with Gasteiger partial charge < -0.3 is 42.2 Å². The molecule has 0 atom stereocenters. The molecular formula is O9Si3TmY. The number of hydrogen-bond acceptors (Lipinski definition) is 9. The minimum Gasteiger partial charge on any atom is -0.672 e. The maximum absolute atomic E-state index is 8.52. The molecular weight excluding hydrogens is 486 g/mol. The van der Waals surface area contributed by atoms with E-state index >= 15 is 0 Å². The van der Waals surface area contributed by atoms with E-state index in [0.717, 1.165) is 0 Å². The predicted octanol–water partition coefficient (Wildman–Crippen LogP) is -8.64. The Morgan fingerprint density at radius 2 is 0.571 bits per heavy atom. The molecule has 0 unspecified atom stereocenters. The van der Waals surface area contributed by atoms with E-state index in [0.29, 0.717) is 0 Å². The molecule has 14 heavy (non-hydrogen) atoms. The molecule has 0 fully saturated rings. The number of rotatable bonds is 0. The van der Waals surface area contributed by atoms with Crippen LogP contribution in [0.15, 0.2) is 0 Å². The molecule has 82 valence electrons. The molecule has 0 saturated carbocycles. The normalized spacial score (nSPS) is 5.14. The van der Waals surface area contributed by atoms with Crippen LogP contribution in [0.5, 0.6) is 0 Å². The van der Waals surface area contributed by atoms with Crippen LogP contribution in [0.3, 0.4) is 0 Å². The van der Waals surface area contributed by atoms with Gasteiger partial charge in [-0.3, -0.25) is 0 Å². The van der Waals surface area contributed by atoms with Crippen molar-refractivity contribution in [3.05, 3.63) is 0 Å². The van der Waals surface area contributed by atoms with Crippen LogP contribution in [-0.2, 0) is 46.1 Å². The van der Waals surface area contributed by atoms with Crippen molar-refractivity contribution in [1.82, 2.24) is 0 Å². The Hall–Kier alpha value is 1.19. The molecule has 0 aromatic carbocycles. The second-order valence-electron chi connectivity index (χ2n) is 0.750. The predicted molar refractivity (Wildman–Crippen MR) is 19.3 cm³/mol. The third-order valence-corrected chi connectivity index (χ3v) is 0. The topological polar surface area (TPSA) is 190 Å². The Morgan fingerprint density at radius 3 is 0.571 bits per heavy atom. The fourth-order valence-electron chi connectivity index (χ4n) is 0. The van der Waals surface area contributed by atoms with Crippen molar-refractivity contribution >= 4 is 27.5 Å². The molecule has 0 radical (unpaired) electrons. The number of hydrogen-bond donors (Lipinski definition) is 0. The summed E-state index contributed by atoms with van der Waals surface area (Å²) in [7, 11) is -10.9. The van der Waals surface area contributed by atoms with Crippen LogP contribution in [0, 0.1) is 36.9 Å². The smallest absolute Gasteiger partial charge is 0.672 e. The first-order chi connectivity index (χ1) is 5.20. The molecule has 0 heterocycles. The summed E-state index contributed by atoms with van der Waals surface area (Å²) in [6.45, 7) is 0. The minimum absolute atomic E-state index is 0. The quantitative estimate of drug-likeness (QED) is 0.300. The van der Waals surface area contributed by atoms with Gasteiger partial charge in [-0.25, -0.2) is 0 Å². The van der Waals surface area contributed by atoms with Gasteiger partial charge in [0.2, 0.25) is 0 Å². The van der Waals surface area contributed by atoms with E-state index in [1.165, 1.54) is 0 Å². The third kappa shape index (κ3) is 1390. The fourth-order valence-corrected chi connectivity index (χ4v) is 0. The summed E-state index contributed by atoms with van der Waals surface area (Å²) in [5.41, 5.74) is 0. The zero-order valence-corrected chi connectivity index (χ0v) is 13.6. The third-order valence-electron chi connectivity index (χ3n) is 0. The first-order valence-electron chi connectivity index (χ1n) is 1.84. The van der Waals surface area contributed by atoms with Crippen LogP contribution in [0.4, 0.5) is 0 Å². The largest absolute Gasteiger partial charge is 3.00 e. The molecule has 0 aliphatic rings. The van der Waals surface area contributed by atoms with Gasteiger partial charge in [0, 0.05) is 27.5 Å². The Labute approximate surface area is 137 Å². The molecule has 0 rings (SSSR count). The molecule has 0 amide bonds. The van der Waals surface area contributed by atoms with E-state index in [2.05, 4.69) is 0 Å². The Bertz CT molecular complexity index is 118. The fraction of sp³-hybridized carbons (Fsp3) is 0. The summed E-state index contributed by atoms with van der Waals surface area (Å²) >= 11 is 0. The zero-order valence-electron chi connectivity index (χ0n) is 6.03. The van der Waals surface area contributed by atoms with Gasteiger partial charge in [-0.15, -0.1) is 0 Å². The second kappa shape index (κ2) is 23.8. The van der Waals surface area contributed by atoms with Crippen LogP contribution in [0.2, 0.25) is 0 Å². The summed E-state index contributed by atoms with van der Waals surface area (Å²) < 4.78 is 25.6. The first kappa shape index (κ1) is 29.5. The van der Waals surface area contributed by atoms with Gasteiger partial charge in [-0.05, 0) is 0 Å². The average molecular weight is 486 g/mol. The van der Waals surface area contributed by atoms with Gasteiger partial charge >= 0.3 is 69.6 Å². The van der Waals surface area contributed by atoms with Crippen LogP contribution in [-0.4, -0.2) is 27.5 Å². The van der Waals surface area contributed by atoms with Crippen LogP contribution < -0.4 is 28.8 Å². The minimum atomic E-state index is -3.63. The maximum atomic E-state index is 8.52. The van der Waals surface area contributed by atoms with Crippen LogP contribution in [0.1, 0.15) is 0 Å². The first-order valence-corrected chi connectivity index (χ1v) is 5.51. The van der Waals surface area contributed by atoms with E-state index in [-0.39, 0.29) is 69.6 Å². The zero-order chi connectivity index (χ0) is 10.7. The van der Waals surface area contributed by atoms with E-state index < -0.39 is 27.5 Å². The van der Waals surface area contributed by atoms with Crippen molar-refractivity contribution in [2.75, 3.05) is 0 Å². The standard InChI is InChI=1S/3O3Si.Tm.Y/c3*1-4(2)3;;/q3*-2;2*+3. The average Bonchev–Trinajstić information content (AvgIpc) is 1.54. The van der Waals surface area contributed by atoms with Gasteiger partial charge in [0.05, 0.1) is 0 Å². The van der Waals surface area contributed by atoms with Crippen LogP contribution in [0.25, 0.3) is 0 Å². The molecule has 0 spiro atoms.